The number of phenols is 2. The molecule has 1 aromatic carbocycles. The number of rotatable bonds is 1. The lowest BCUT2D eigenvalue weighted by molar-refractivity contribution is 0.469. The summed E-state index contributed by atoms with van der Waals surface area (Å²) in [5.74, 6) is 0.796. The first-order valence-electron chi connectivity index (χ1n) is 4.61. The Bertz CT molecular complexity index is 604. The smallest absolute Gasteiger partial charge is 0.162 e. The molecule has 0 aliphatic heterocycles. The molecule has 0 saturated heterocycles. The number of benzene rings is 1. The molecule has 0 unspecified atom stereocenters. The van der Waals surface area contributed by atoms with Gasteiger partial charge >= 0.3 is 0 Å². The van der Waals surface area contributed by atoms with E-state index in [1.165, 1.54) is 23.5 Å². The predicted octanol–water partition coefficient (Wildman–Crippen LogP) is 2.97. The molecule has 0 aliphatic rings. The van der Waals surface area contributed by atoms with Crippen LogP contribution in [0.5, 0.6) is 11.5 Å². The van der Waals surface area contributed by atoms with Crippen LogP contribution in [0.4, 0.5) is 0 Å². The van der Waals surface area contributed by atoms with Gasteiger partial charge in [-0.15, -0.1) is 11.3 Å². The molecule has 0 amide bonds. The molecular formula is C11H7NO3S. The summed E-state index contributed by atoms with van der Waals surface area (Å²) < 4.78 is 5.77. The Kier molecular flexibility index (Phi) is 1.87. The molecule has 0 fully saturated rings. The van der Waals surface area contributed by atoms with Gasteiger partial charge in [-0.05, 0) is 24.3 Å². The summed E-state index contributed by atoms with van der Waals surface area (Å²) in [6.45, 7) is 0. The van der Waals surface area contributed by atoms with Gasteiger partial charge in [-0.25, -0.2) is 4.98 Å². The zero-order chi connectivity index (χ0) is 11.1. The molecule has 80 valence electrons. The zero-order valence-electron chi connectivity index (χ0n) is 8.04. The topological polar surface area (TPSA) is 66.5 Å². The highest BCUT2D eigenvalue weighted by Gasteiger charge is 2.13. The highest BCUT2D eigenvalue weighted by Crippen LogP contribution is 2.39. The Labute approximate surface area is 94.4 Å². The van der Waals surface area contributed by atoms with Crippen LogP contribution in [0.1, 0.15) is 0 Å². The third-order valence-electron chi connectivity index (χ3n) is 2.23. The van der Waals surface area contributed by atoms with Gasteiger partial charge in [0.15, 0.2) is 10.8 Å². The summed E-state index contributed by atoms with van der Waals surface area (Å²) in [6, 6.07) is 6.41. The van der Waals surface area contributed by atoms with Crippen molar-refractivity contribution in [3.63, 3.8) is 0 Å². The summed E-state index contributed by atoms with van der Waals surface area (Å²) in [7, 11) is 0. The van der Waals surface area contributed by atoms with Gasteiger partial charge in [0.1, 0.15) is 21.7 Å². The molecule has 5 heteroatoms. The first-order valence-corrected chi connectivity index (χ1v) is 5.43. The molecule has 4 nitrogen and oxygen atoms in total. The molecule has 0 spiro atoms. The summed E-state index contributed by atoms with van der Waals surface area (Å²) >= 11 is 1.28. The van der Waals surface area contributed by atoms with Crippen LogP contribution in [0.3, 0.4) is 0 Å². The van der Waals surface area contributed by atoms with Crippen molar-refractivity contribution in [3.05, 3.63) is 30.5 Å². The quantitative estimate of drug-likeness (QED) is 0.634. The molecule has 3 rings (SSSR count). The Hall–Kier alpha value is -2.01. The van der Waals surface area contributed by atoms with Gasteiger partial charge in [0, 0.05) is 0 Å². The lowest BCUT2D eigenvalue weighted by Crippen LogP contribution is -1.72. The van der Waals surface area contributed by atoms with Crippen molar-refractivity contribution in [2.45, 2.75) is 0 Å². The van der Waals surface area contributed by atoms with Crippen molar-refractivity contribution in [2.24, 2.45) is 0 Å². The van der Waals surface area contributed by atoms with Crippen molar-refractivity contribution in [1.29, 1.82) is 0 Å². The summed E-state index contributed by atoms with van der Waals surface area (Å²) in [4.78, 5) is 4.23. The Morgan fingerprint density at radius 2 is 1.94 bits per heavy atom. The van der Waals surface area contributed by atoms with Gasteiger partial charge < -0.3 is 14.6 Å². The van der Waals surface area contributed by atoms with Crippen molar-refractivity contribution in [3.8, 4) is 22.3 Å². The maximum Gasteiger partial charge on any atom is 0.162 e. The summed E-state index contributed by atoms with van der Waals surface area (Å²) in [5.41, 5.74) is 0.399. The van der Waals surface area contributed by atoms with E-state index in [0.717, 1.165) is 0 Å². The van der Waals surface area contributed by atoms with E-state index in [0.29, 0.717) is 21.0 Å². The van der Waals surface area contributed by atoms with Crippen LogP contribution in [0.25, 0.3) is 21.0 Å². The van der Waals surface area contributed by atoms with Crippen molar-refractivity contribution < 1.29 is 14.6 Å². The predicted molar refractivity (Wildman–Crippen MR) is 60.7 cm³/mol. The highest BCUT2D eigenvalue weighted by molar-refractivity contribution is 7.22. The number of aromatic nitrogens is 1. The van der Waals surface area contributed by atoms with Gasteiger partial charge in [-0.1, -0.05) is 0 Å². The van der Waals surface area contributed by atoms with Crippen LogP contribution >= 0.6 is 11.3 Å². The van der Waals surface area contributed by atoms with E-state index in [1.54, 1.807) is 18.4 Å². The van der Waals surface area contributed by atoms with E-state index in [-0.39, 0.29) is 11.5 Å². The normalized spacial score (nSPS) is 11.0. The van der Waals surface area contributed by atoms with E-state index in [9.17, 15) is 10.2 Å². The third kappa shape index (κ3) is 1.25. The fourth-order valence-electron chi connectivity index (χ4n) is 1.49. The average molecular weight is 233 g/mol. The van der Waals surface area contributed by atoms with Gasteiger partial charge in [-0.2, -0.15) is 0 Å². The fourth-order valence-corrected chi connectivity index (χ4v) is 2.45. The lowest BCUT2D eigenvalue weighted by atomic mass is 10.3. The van der Waals surface area contributed by atoms with Gasteiger partial charge in [0.05, 0.1) is 6.26 Å². The fraction of sp³-hybridized carbons (Fsp3) is 0. The molecule has 3 aromatic rings. The standard InChI is InChI=1S/C11H7NO3S/c13-6-3-4-7(14)10-9(6)12-11(16-10)8-2-1-5-15-8/h1-5,13-14H. The zero-order valence-corrected chi connectivity index (χ0v) is 8.86. The van der Waals surface area contributed by atoms with Crippen LogP contribution in [0.2, 0.25) is 0 Å². The first kappa shape index (κ1) is 9.23. The van der Waals surface area contributed by atoms with E-state index in [2.05, 4.69) is 4.98 Å². The van der Waals surface area contributed by atoms with Crippen LogP contribution in [-0.4, -0.2) is 15.2 Å². The number of hydrogen-bond donors (Lipinski definition) is 2. The first-order chi connectivity index (χ1) is 7.75. The maximum atomic E-state index is 9.64. The van der Waals surface area contributed by atoms with Crippen LogP contribution in [0.15, 0.2) is 34.9 Å². The lowest BCUT2D eigenvalue weighted by Gasteiger charge is -1.94. The van der Waals surface area contributed by atoms with Crippen LogP contribution in [-0.2, 0) is 0 Å². The molecule has 2 aromatic heterocycles. The molecule has 0 aliphatic carbocycles. The highest BCUT2D eigenvalue weighted by atomic mass is 32.1. The molecule has 2 N–H and O–H groups in total. The van der Waals surface area contributed by atoms with Gasteiger partial charge in [0.25, 0.3) is 0 Å². The van der Waals surface area contributed by atoms with E-state index in [4.69, 9.17) is 4.42 Å². The van der Waals surface area contributed by atoms with Crippen molar-refractivity contribution in [1.82, 2.24) is 4.98 Å². The van der Waals surface area contributed by atoms with Crippen molar-refractivity contribution >= 4 is 21.6 Å². The number of fused-ring (bicyclic) bond motifs is 1. The molecule has 0 atom stereocenters. The van der Waals surface area contributed by atoms with Crippen LogP contribution in [0, 0.1) is 0 Å². The van der Waals surface area contributed by atoms with Crippen molar-refractivity contribution in [2.75, 3.05) is 0 Å². The number of nitrogens with zero attached hydrogens (tertiary/aromatic N) is 1. The average Bonchev–Trinajstić information content (AvgIpc) is 2.90. The maximum absolute atomic E-state index is 9.64. The SMILES string of the molecule is Oc1ccc(O)c2sc(-c3ccco3)nc12. The minimum absolute atomic E-state index is 0.0573. The second-order valence-corrected chi connectivity index (χ2v) is 4.28. The number of thiazole rings is 1. The monoisotopic (exact) mass is 233 g/mol. The second-order valence-electron chi connectivity index (χ2n) is 3.28. The van der Waals surface area contributed by atoms with Crippen LogP contribution < -0.4 is 0 Å². The second kappa shape index (κ2) is 3.24. The van der Waals surface area contributed by atoms with Gasteiger partial charge in [0.2, 0.25) is 0 Å². The number of phenolic OH excluding ortho intramolecular Hbond substituents is 2. The molecule has 16 heavy (non-hydrogen) atoms. The number of hydrogen-bond acceptors (Lipinski definition) is 5. The molecule has 0 bridgehead atoms. The minimum atomic E-state index is 0.0573. The van der Waals surface area contributed by atoms with E-state index < -0.39 is 0 Å². The molecular weight excluding hydrogens is 226 g/mol. The van der Waals surface area contributed by atoms with E-state index in [1.807, 2.05) is 0 Å². The summed E-state index contributed by atoms with van der Waals surface area (Å²) in [6.07, 6.45) is 1.56. The number of furan rings is 1. The third-order valence-corrected chi connectivity index (χ3v) is 3.33. The molecule has 0 radical (unpaired) electrons. The number of aromatic hydroxyl groups is 2. The summed E-state index contributed by atoms with van der Waals surface area (Å²) in [5, 5.41) is 19.9. The van der Waals surface area contributed by atoms with Gasteiger partial charge in [-0.3, -0.25) is 0 Å². The molecule has 2 heterocycles. The Balaban J connectivity index is 2.31. The minimum Gasteiger partial charge on any atom is -0.506 e. The largest absolute Gasteiger partial charge is 0.506 e. The van der Waals surface area contributed by atoms with E-state index >= 15 is 0 Å². The Morgan fingerprint density at radius 3 is 2.62 bits per heavy atom. The molecule has 0 saturated carbocycles. The Morgan fingerprint density at radius 1 is 1.12 bits per heavy atom.